The summed E-state index contributed by atoms with van der Waals surface area (Å²) in [5.41, 5.74) is 9.81. The zero-order valence-corrected chi connectivity index (χ0v) is 11.5. The summed E-state index contributed by atoms with van der Waals surface area (Å²) in [4.78, 5) is 17.8. The summed E-state index contributed by atoms with van der Waals surface area (Å²) in [7, 11) is 0. The van der Waals surface area contributed by atoms with E-state index in [2.05, 4.69) is 17.1 Å². The number of amides is 1. The van der Waals surface area contributed by atoms with Gasteiger partial charge in [-0.15, -0.1) is 11.3 Å². The summed E-state index contributed by atoms with van der Waals surface area (Å²) in [6, 6.07) is 6.19. The molecule has 2 aromatic rings. The maximum absolute atomic E-state index is 11.7. The molecule has 4 nitrogen and oxygen atoms in total. The fourth-order valence-corrected chi connectivity index (χ4v) is 3.05. The van der Waals surface area contributed by atoms with E-state index in [0.29, 0.717) is 5.13 Å². The van der Waals surface area contributed by atoms with E-state index in [9.17, 15) is 4.79 Å². The molecule has 1 aliphatic heterocycles. The van der Waals surface area contributed by atoms with Gasteiger partial charge in [0, 0.05) is 30.1 Å². The molecule has 1 amide bonds. The van der Waals surface area contributed by atoms with E-state index in [-0.39, 0.29) is 5.91 Å². The van der Waals surface area contributed by atoms with Gasteiger partial charge in [0.15, 0.2) is 5.13 Å². The lowest BCUT2D eigenvalue weighted by Gasteiger charge is -2.29. The minimum absolute atomic E-state index is 0.0934. The van der Waals surface area contributed by atoms with Crippen molar-refractivity contribution in [3.05, 3.63) is 29.1 Å². The lowest BCUT2D eigenvalue weighted by Crippen LogP contribution is -2.33. The van der Waals surface area contributed by atoms with Crippen LogP contribution in [0.2, 0.25) is 0 Å². The predicted octanol–water partition coefficient (Wildman–Crippen LogP) is 2.69. The Kier molecular flexibility index (Phi) is 2.98. The van der Waals surface area contributed by atoms with Gasteiger partial charge in [0.2, 0.25) is 5.91 Å². The Morgan fingerprint density at radius 1 is 1.47 bits per heavy atom. The number of benzene rings is 1. The van der Waals surface area contributed by atoms with Crippen molar-refractivity contribution in [3.8, 4) is 11.3 Å². The van der Waals surface area contributed by atoms with Crippen molar-refractivity contribution >= 4 is 28.1 Å². The molecule has 5 heteroatoms. The molecule has 2 N–H and O–H groups in total. The standard InChI is InChI=1S/C14H15N3OS/c1-9(18)17-6-2-3-10-4-5-11(7-13(10)17)12-8-19-14(15)16-12/h4-5,7-8H,2-3,6H2,1H3,(H2,15,16). The van der Waals surface area contributed by atoms with E-state index in [1.807, 2.05) is 16.3 Å². The summed E-state index contributed by atoms with van der Waals surface area (Å²) in [5, 5.41) is 2.51. The van der Waals surface area contributed by atoms with Crippen LogP contribution in [0.15, 0.2) is 23.6 Å². The maximum atomic E-state index is 11.7. The predicted molar refractivity (Wildman–Crippen MR) is 78.3 cm³/mol. The van der Waals surface area contributed by atoms with Crippen LogP contribution < -0.4 is 10.6 Å². The number of hydrogen-bond acceptors (Lipinski definition) is 4. The first-order valence-electron chi connectivity index (χ1n) is 6.27. The van der Waals surface area contributed by atoms with Crippen LogP contribution in [0, 0.1) is 0 Å². The summed E-state index contributed by atoms with van der Waals surface area (Å²) in [6.45, 7) is 2.41. The Labute approximate surface area is 115 Å². The second-order valence-corrected chi connectivity index (χ2v) is 5.58. The van der Waals surface area contributed by atoms with Gasteiger partial charge in [0.1, 0.15) is 0 Å². The number of aryl methyl sites for hydroxylation is 1. The second-order valence-electron chi connectivity index (χ2n) is 4.69. The Morgan fingerprint density at radius 3 is 3.00 bits per heavy atom. The number of nitrogen functional groups attached to an aromatic ring is 1. The molecule has 0 saturated carbocycles. The van der Waals surface area contributed by atoms with Gasteiger partial charge in [-0.25, -0.2) is 4.98 Å². The molecule has 0 saturated heterocycles. The van der Waals surface area contributed by atoms with Crippen LogP contribution in [0.3, 0.4) is 0 Å². The molecule has 19 heavy (non-hydrogen) atoms. The highest BCUT2D eigenvalue weighted by Crippen LogP contribution is 2.32. The highest BCUT2D eigenvalue weighted by atomic mass is 32.1. The number of aromatic nitrogens is 1. The number of carbonyl (C=O) groups is 1. The molecular formula is C14H15N3OS. The smallest absolute Gasteiger partial charge is 0.223 e. The SMILES string of the molecule is CC(=O)N1CCCc2ccc(-c3csc(N)n3)cc21. The van der Waals surface area contributed by atoms with E-state index in [4.69, 9.17) is 5.73 Å². The average molecular weight is 273 g/mol. The molecule has 3 rings (SSSR count). The lowest BCUT2D eigenvalue weighted by molar-refractivity contribution is -0.116. The third-order valence-corrected chi connectivity index (χ3v) is 4.08. The Morgan fingerprint density at radius 2 is 2.32 bits per heavy atom. The molecular weight excluding hydrogens is 258 g/mol. The summed E-state index contributed by atoms with van der Waals surface area (Å²) in [5.74, 6) is 0.0934. The third kappa shape index (κ3) is 2.21. The number of carbonyl (C=O) groups excluding carboxylic acids is 1. The first kappa shape index (κ1) is 12.2. The highest BCUT2D eigenvalue weighted by molar-refractivity contribution is 7.13. The molecule has 0 bridgehead atoms. The molecule has 1 aromatic carbocycles. The molecule has 0 fully saturated rings. The summed E-state index contributed by atoms with van der Waals surface area (Å²) >= 11 is 1.43. The van der Waals surface area contributed by atoms with Gasteiger partial charge < -0.3 is 10.6 Å². The normalized spacial score (nSPS) is 14.3. The van der Waals surface area contributed by atoms with Crippen molar-refractivity contribution in [3.63, 3.8) is 0 Å². The number of thiazole rings is 1. The van der Waals surface area contributed by atoms with Crippen molar-refractivity contribution in [1.29, 1.82) is 0 Å². The van der Waals surface area contributed by atoms with Gasteiger partial charge in [-0.05, 0) is 24.5 Å². The summed E-state index contributed by atoms with van der Waals surface area (Å²) < 4.78 is 0. The van der Waals surface area contributed by atoms with Gasteiger partial charge in [-0.1, -0.05) is 12.1 Å². The number of nitrogens with zero attached hydrogens (tertiary/aromatic N) is 2. The topological polar surface area (TPSA) is 59.2 Å². The largest absolute Gasteiger partial charge is 0.375 e. The molecule has 0 radical (unpaired) electrons. The second kappa shape index (κ2) is 4.66. The van der Waals surface area contributed by atoms with Crippen LogP contribution in [0.25, 0.3) is 11.3 Å². The lowest BCUT2D eigenvalue weighted by atomic mass is 9.98. The monoisotopic (exact) mass is 273 g/mol. The van der Waals surface area contributed by atoms with E-state index in [1.54, 1.807) is 6.92 Å². The molecule has 1 aromatic heterocycles. The van der Waals surface area contributed by atoms with Crippen molar-refractivity contribution in [1.82, 2.24) is 4.98 Å². The Hall–Kier alpha value is -1.88. The Balaban J connectivity index is 2.06. The molecule has 0 aliphatic carbocycles. The van der Waals surface area contributed by atoms with Crippen molar-refractivity contribution in [2.45, 2.75) is 19.8 Å². The van der Waals surface area contributed by atoms with E-state index in [1.165, 1.54) is 16.9 Å². The van der Waals surface area contributed by atoms with Crippen LogP contribution >= 0.6 is 11.3 Å². The zero-order valence-electron chi connectivity index (χ0n) is 10.7. The minimum atomic E-state index is 0.0934. The van der Waals surface area contributed by atoms with E-state index >= 15 is 0 Å². The number of hydrogen-bond donors (Lipinski definition) is 1. The molecule has 2 heterocycles. The van der Waals surface area contributed by atoms with Gasteiger partial charge in [0.05, 0.1) is 5.69 Å². The van der Waals surface area contributed by atoms with E-state index < -0.39 is 0 Å². The van der Waals surface area contributed by atoms with Crippen molar-refractivity contribution in [2.75, 3.05) is 17.2 Å². The van der Waals surface area contributed by atoms with Gasteiger partial charge in [-0.2, -0.15) is 0 Å². The molecule has 0 spiro atoms. The first-order valence-corrected chi connectivity index (χ1v) is 7.15. The fraction of sp³-hybridized carbons (Fsp3) is 0.286. The van der Waals surface area contributed by atoms with E-state index in [0.717, 1.165) is 36.3 Å². The van der Waals surface area contributed by atoms with Crippen LogP contribution in [0.4, 0.5) is 10.8 Å². The Bertz CT molecular complexity index is 635. The number of fused-ring (bicyclic) bond motifs is 1. The first-order chi connectivity index (χ1) is 9.15. The van der Waals surface area contributed by atoms with Crippen LogP contribution in [-0.4, -0.2) is 17.4 Å². The minimum Gasteiger partial charge on any atom is -0.375 e. The molecule has 98 valence electrons. The quantitative estimate of drug-likeness (QED) is 0.869. The summed E-state index contributed by atoms with van der Waals surface area (Å²) in [6.07, 6.45) is 2.05. The number of anilines is 2. The fourth-order valence-electron chi connectivity index (χ4n) is 2.48. The zero-order chi connectivity index (χ0) is 13.4. The molecule has 1 aliphatic rings. The van der Waals surface area contributed by atoms with Gasteiger partial charge in [-0.3, -0.25) is 4.79 Å². The number of rotatable bonds is 1. The van der Waals surface area contributed by atoms with Crippen LogP contribution in [-0.2, 0) is 11.2 Å². The van der Waals surface area contributed by atoms with Gasteiger partial charge >= 0.3 is 0 Å². The van der Waals surface area contributed by atoms with Crippen molar-refractivity contribution in [2.24, 2.45) is 0 Å². The van der Waals surface area contributed by atoms with Crippen LogP contribution in [0.5, 0.6) is 0 Å². The average Bonchev–Trinajstić information content (AvgIpc) is 2.84. The van der Waals surface area contributed by atoms with Crippen LogP contribution in [0.1, 0.15) is 18.9 Å². The van der Waals surface area contributed by atoms with Gasteiger partial charge in [0.25, 0.3) is 0 Å². The molecule has 0 atom stereocenters. The maximum Gasteiger partial charge on any atom is 0.223 e. The molecule has 0 unspecified atom stereocenters. The third-order valence-electron chi connectivity index (χ3n) is 3.40. The van der Waals surface area contributed by atoms with Crippen molar-refractivity contribution < 1.29 is 4.79 Å². The number of nitrogens with two attached hydrogens (primary N) is 1. The highest BCUT2D eigenvalue weighted by Gasteiger charge is 2.20.